The van der Waals surface area contributed by atoms with Gasteiger partial charge >= 0.3 is 0 Å². The minimum Gasteiger partial charge on any atom is -0.349 e. The number of hydrogen-bond acceptors (Lipinski definition) is 6. The Morgan fingerprint density at radius 2 is 1.82 bits per heavy atom. The first-order valence-corrected chi connectivity index (χ1v) is 16.7. The third kappa shape index (κ3) is 9.97. The molecule has 1 aromatic heterocycles. The van der Waals surface area contributed by atoms with Crippen molar-refractivity contribution in [3.8, 4) is 0 Å². The molecule has 8 heteroatoms. The second kappa shape index (κ2) is 16.9. The Bertz CT molecular complexity index is 1030. The van der Waals surface area contributed by atoms with Gasteiger partial charge in [-0.1, -0.05) is 69.3 Å². The Morgan fingerprint density at radius 1 is 1.07 bits per heavy atom. The Kier molecular flexibility index (Phi) is 12.9. The zero-order valence-electron chi connectivity index (χ0n) is 24.5. The van der Waals surface area contributed by atoms with Crippen LogP contribution < -0.4 is 5.32 Å². The van der Waals surface area contributed by atoms with E-state index in [2.05, 4.69) is 39.1 Å². The SMILES string of the molecule is CC/C=C(\C=C=CCCCN1CCCCCC1)N1CC(C(=O)NCc2nnc(CCC3CCCCC3)s2)CC1=O. The second-order valence-corrected chi connectivity index (χ2v) is 12.9. The summed E-state index contributed by atoms with van der Waals surface area (Å²) < 4.78 is 0. The number of allylic oxidation sites excluding steroid dienone is 2. The fraction of sp³-hybridized carbons (Fsp3) is 0.719. The Morgan fingerprint density at radius 3 is 2.60 bits per heavy atom. The van der Waals surface area contributed by atoms with Gasteiger partial charge in [-0.05, 0) is 70.2 Å². The third-order valence-corrected chi connectivity index (χ3v) is 9.49. The highest BCUT2D eigenvalue weighted by atomic mass is 32.1. The molecule has 7 nitrogen and oxygen atoms in total. The van der Waals surface area contributed by atoms with Crippen molar-refractivity contribution in [2.45, 2.75) is 110 Å². The standard InChI is InChI=1S/C32H49N5O2S/c1-2-14-28(17-10-3-4-11-20-36-21-12-5-6-13-22-36)37-25-27(23-31(37)38)32(39)33-24-30-35-34-29(40-30)19-18-26-15-8-7-9-16-26/h3,14,17,26-27H,2,4-9,11-13,15-16,18-25H2,1H3,(H,33,39)/b28-14+. The van der Waals surface area contributed by atoms with E-state index in [9.17, 15) is 9.59 Å². The van der Waals surface area contributed by atoms with Gasteiger partial charge < -0.3 is 15.1 Å². The predicted molar refractivity (Wildman–Crippen MR) is 162 cm³/mol. The van der Waals surface area contributed by atoms with Crippen LogP contribution >= 0.6 is 11.3 Å². The first kappa shape index (κ1) is 30.7. The lowest BCUT2D eigenvalue weighted by Crippen LogP contribution is -2.32. The maximum absolute atomic E-state index is 12.9. The van der Waals surface area contributed by atoms with E-state index in [1.807, 2.05) is 12.2 Å². The van der Waals surface area contributed by atoms with Crippen molar-refractivity contribution in [3.05, 3.63) is 39.7 Å². The molecule has 1 atom stereocenters. The van der Waals surface area contributed by atoms with Gasteiger partial charge in [0.1, 0.15) is 10.0 Å². The molecular formula is C32H49N5O2S. The van der Waals surface area contributed by atoms with Gasteiger partial charge in [-0.25, -0.2) is 0 Å². The molecule has 0 bridgehead atoms. The van der Waals surface area contributed by atoms with Crippen molar-refractivity contribution in [2.24, 2.45) is 11.8 Å². The van der Waals surface area contributed by atoms with E-state index in [1.54, 1.807) is 16.2 Å². The summed E-state index contributed by atoms with van der Waals surface area (Å²) in [6.07, 6.45) is 23.6. The maximum atomic E-state index is 12.9. The Hall–Kier alpha value is -2.28. The quantitative estimate of drug-likeness (QED) is 0.175. The number of rotatable bonds is 13. The highest BCUT2D eigenvalue weighted by molar-refractivity contribution is 7.11. The molecule has 4 rings (SSSR count). The van der Waals surface area contributed by atoms with Crippen LogP contribution in [0.2, 0.25) is 0 Å². The van der Waals surface area contributed by atoms with Crippen LogP contribution in [0, 0.1) is 11.8 Å². The van der Waals surface area contributed by atoms with Crippen LogP contribution in [-0.2, 0) is 22.6 Å². The molecule has 2 saturated heterocycles. The lowest BCUT2D eigenvalue weighted by Gasteiger charge is -2.20. The Balaban J connectivity index is 1.20. The fourth-order valence-corrected chi connectivity index (χ4v) is 6.96. The molecule has 1 saturated carbocycles. The minimum atomic E-state index is -0.350. The normalized spacial score (nSPS) is 21.2. The second-order valence-electron chi connectivity index (χ2n) is 11.7. The number of aryl methyl sites for hydroxylation is 1. The van der Waals surface area contributed by atoms with Gasteiger partial charge in [-0.15, -0.1) is 15.9 Å². The van der Waals surface area contributed by atoms with Gasteiger partial charge in [0, 0.05) is 31.2 Å². The summed E-state index contributed by atoms with van der Waals surface area (Å²) >= 11 is 1.60. The number of carbonyl (C=O) groups excluding carboxylic acids is 2. The zero-order chi connectivity index (χ0) is 28.0. The van der Waals surface area contributed by atoms with Crippen LogP contribution in [0.4, 0.5) is 0 Å². The van der Waals surface area contributed by atoms with E-state index in [-0.39, 0.29) is 24.2 Å². The van der Waals surface area contributed by atoms with Crippen molar-refractivity contribution in [2.75, 3.05) is 26.2 Å². The lowest BCUT2D eigenvalue weighted by atomic mass is 9.86. The van der Waals surface area contributed by atoms with Gasteiger partial charge in [0.2, 0.25) is 11.8 Å². The number of likely N-dealkylation sites (tertiary alicyclic amines) is 2. The van der Waals surface area contributed by atoms with Crippen LogP contribution in [0.5, 0.6) is 0 Å². The van der Waals surface area contributed by atoms with E-state index >= 15 is 0 Å². The third-order valence-electron chi connectivity index (χ3n) is 8.51. The molecule has 0 radical (unpaired) electrons. The molecule has 0 spiro atoms. The van der Waals surface area contributed by atoms with Crippen LogP contribution in [0.25, 0.3) is 0 Å². The summed E-state index contributed by atoms with van der Waals surface area (Å²) in [5, 5.41) is 13.5. The summed E-state index contributed by atoms with van der Waals surface area (Å²) in [7, 11) is 0. The smallest absolute Gasteiger partial charge is 0.227 e. The molecule has 220 valence electrons. The van der Waals surface area contributed by atoms with E-state index in [0.29, 0.717) is 13.1 Å². The fourth-order valence-electron chi connectivity index (χ4n) is 6.16. The molecule has 0 aromatic carbocycles. The number of amides is 2. The molecule has 1 aliphatic carbocycles. The van der Waals surface area contributed by atoms with Crippen molar-refractivity contribution in [3.63, 3.8) is 0 Å². The topological polar surface area (TPSA) is 78.4 Å². The van der Waals surface area contributed by atoms with Crippen molar-refractivity contribution >= 4 is 23.2 Å². The number of nitrogens with one attached hydrogen (secondary N) is 1. The first-order valence-electron chi connectivity index (χ1n) is 15.8. The molecule has 2 amide bonds. The number of aromatic nitrogens is 2. The average Bonchev–Trinajstić information content (AvgIpc) is 3.50. The number of unbranched alkanes of at least 4 members (excludes halogenated alkanes) is 1. The number of nitrogens with zero attached hydrogens (tertiary/aromatic N) is 4. The average molecular weight is 568 g/mol. The van der Waals surface area contributed by atoms with Crippen LogP contribution in [0.3, 0.4) is 0 Å². The summed E-state index contributed by atoms with van der Waals surface area (Å²) in [5.74, 6) is 0.394. The molecule has 1 aromatic rings. The van der Waals surface area contributed by atoms with Crippen molar-refractivity contribution in [1.29, 1.82) is 0 Å². The van der Waals surface area contributed by atoms with Crippen molar-refractivity contribution < 1.29 is 9.59 Å². The first-order chi connectivity index (χ1) is 19.6. The monoisotopic (exact) mass is 567 g/mol. The lowest BCUT2D eigenvalue weighted by molar-refractivity contribution is -0.128. The van der Waals surface area contributed by atoms with Gasteiger partial charge in [-0.3, -0.25) is 9.59 Å². The van der Waals surface area contributed by atoms with Crippen LogP contribution in [0.1, 0.15) is 107 Å². The molecule has 3 aliphatic rings. The van der Waals surface area contributed by atoms with Gasteiger partial charge in [-0.2, -0.15) is 0 Å². The molecule has 40 heavy (non-hydrogen) atoms. The van der Waals surface area contributed by atoms with E-state index in [1.165, 1.54) is 77.3 Å². The number of hydrogen-bond donors (Lipinski definition) is 1. The van der Waals surface area contributed by atoms with Crippen LogP contribution in [0.15, 0.2) is 29.7 Å². The van der Waals surface area contributed by atoms with E-state index in [4.69, 9.17) is 0 Å². The van der Waals surface area contributed by atoms with Crippen LogP contribution in [-0.4, -0.2) is 58.0 Å². The molecule has 3 heterocycles. The minimum absolute atomic E-state index is 0.0000205. The summed E-state index contributed by atoms with van der Waals surface area (Å²) in [6.45, 7) is 6.47. The summed E-state index contributed by atoms with van der Waals surface area (Å²) in [6, 6.07) is 0. The van der Waals surface area contributed by atoms with E-state index < -0.39 is 0 Å². The molecule has 1 unspecified atom stereocenters. The summed E-state index contributed by atoms with van der Waals surface area (Å²) in [4.78, 5) is 30.1. The molecular weight excluding hydrogens is 518 g/mol. The summed E-state index contributed by atoms with van der Waals surface area (Å²) in [5.41, 5.74) is 4.14. The zero-order valence-corrected chi connectivity index (χ0v) is 25.4. The predicted octanol–water partition coefficient (Wildman–Crippen LogP) is 6.18. The molecule has 1 N–H and O–H groups in total. The Labute approximate surface area is 245 Å². The van der Waals surface area contributed by atoms with E-state index in [0.717, 1.165) is 53.9 Å². The van der Waals surface area contributed by atoms with Gasteiger partial charge in [0.05, 0.1) is 12.5 Å². The maximum Gasteiger partial charge on any atom is 0.227 e. The number of carbonyl (C=O) groups is 2. The van der Waals surface area contributed by atoms with Crippen molar-refractivity contribution in [1.82, 2.24) is 25.3 Å². The van der Waals surface area contributed by atoms with Gasteiger partial charge in [0.15, 0.2) is 0 Å². The van der Waals surface area contributed by atoms with Gasteiger partial charge in [0.25, 0.3) is 0 Å². The molecule has 2 aliphatic heterocycles. The highest BCUT2D eigenvalue weighted by Gasteiger charge is 2.35. The highest BCUT2D eigenvalue weighted by Crippen LogP contribution is 2.28. The molecule has 3 fully saturated rings. The largest absolute Gasteiger partial charge is 0.349 e.